The average Bonchev–Trinajstić information content (AvgIpc) is 2.59. The zero-order valence-corrected chi connectivity index (χ0v) is 14.9. The summed E-state index contributed by atoms with van der Waals surface area (Å²) in [5.41, 5.74) is 2.21. The highest BCUT2D eigenvalue weighted by Crippen LogP contribution is 2.31. The highest BCUT2D eigenvalue weighted by molar-refractivity contribution is 5.93. The van der Waals surface area contributed by atoms with Gasteiger partial charge in [0.05, 0.1) is 24.4 Å². The van der Waals surface area contributed by atoms with Gasteiger partial charge >= 0.3 is 0 Å². The summed E-state index contributed by atoms with van der Waals surface area (Å²) in [6, 6.07) is 14.4. The lowest BCUT2D eigenvalue weighted by molar-refractivity contribution is -0.118. The number of hydrogen-bond acceptors (Lipinski definition) is 4. The number of nitriles is 1. The van der Waals surface area contributed by atoms with Crippen LogP contribution in [0.2, 0.25) is 0 Å². The van der Waals surface area contributed by atoms with E-state index < -0.39 is 0 Å². The van der Waals surface area contributed by atoms with Gasteiger partial charge < -0.3 is 14.8 Å². The van der Waals surface area contributed by atoms with E-state index in [0.29, 0.717) is 22.7 Å². The second kappa shape index (κ2) is 7.71. The molecule has 0 aliphatic carbocycles. The van der Waals surface area contributed by atoms with Crippen LogP contribution in [0.1, 0.15) is 31.9 Å². The Morgan fingerprint density at radius 1 is 1.16 bits per heavy atom. The molecule has 0 unspecified atom stereocenters. The third-order valence-corrected chi connectivity index (χ3v) is 3.69. The van der Waals surface area contributed by atoms with E-state index in [4.69, 9.17) is 14.7 Å². The molecular weight excluding hydrogens is 316 g/mol. The van der Waals surface area contributed by atoms with Gasteiger partial charge in [-0.3, -0.25) is 4.79 Å². The number of methoxy groups -OCH3 is 1. The van der Waals surface area contributed by atoms with E-state index in [-0.39, 0.29) is 17.9 Å². The summed E-state index contributed by atoms with van der Waals surface area (Å²) in [5, 5.41) is 11.6. The molecular formula is C20H22N2O3. The van der Waals surface area contributed by atoms with Crippen LogP contribution in [0.25, 0.3) is 0 Å². The first kappa shape index (κ1) is 18.3. The average molecular weight is 338 g/mol. The number of hydrogen-bond donors (Lipinski definition) is 1. The summed E-state index contributed by atoms with van der Waals surface area (Å²) in [4.78, 5) is 12.2. The van der Waals surface area contributed by atoms with Crippen molar-refractivity contribution >= 4 is 11.6 Å². The number of carbonyl (C=O) groups is 1. The molecule has 0 spiro atoms. The molecule has 2 rings (SSSR count). The molecule has 0 saturated heterocycles. The van der Waals surface area contributed by atoms with Crippen LogP contribution >= 0.6 is 0 Å². The molecule has 0 bridgehead atoms. The molecule has 0 atom stereocenters. The molecule has 5 heteroatoms. The highest BCUT2D eigenvalue weighted by atomic mass is 16.5. The zero-order chi connectivity index (χ0) is 18.4. The summed E-state index contributed by atoms with van der Waals surface area (Å²) in [5.74, 6) is 0.845. The van der Waals surface area contributed by atoms with Gasteiger partial charge in [-0.2, -0.15) is 5.26 Å². The molecule has 2 aromatic rings. The molecule has 0 aromatic heterocycles. The lowest BCUT2D eigenvalue weighted by Gasteiger charge is -2.21. The predicted molar refractivity (Wildman–Crippen MR) is 97.0 cm³/mol. The van der Waals surface area contributed by atoms with Gasteiger partial charge in [-0.1, -0.05) is 26.8 Å². The molecule has 1 N–H and O–H groups in total. The van der Waals surface area contributed by atoms with Crippen molar-refractivity contribution < 1.29 is 14.3 Å². The molecule has 1 amide bonds. The highest BCUT2D eigenvalue weighted by Gasteiger charge is 2.17. The van der Waals surface area contributed by atoms with E-state index in [0.717, 1.165) is 5.56 Å². The Morgan fingerprint density at radius 3 is 2.40 bits per heavy atom. The topological polar surface area (TPSA) is 71.3 Å². The van der Waals surface area contributed by atoms with Gasteiger partial charge in [-0.15, -0.1) is 0 Å². The minimum Gasteiger partial charge on any atom is -0.495 e. The first-order valence-corrected chi connectivity index (χ1v) is 7.95. The maximum absolute atomic E-state index is 12.2. The van der Waals surface area contributed by atoms with Gasteiger partial charge in [0.1, 0.15) is 11.5 Å². The number of nitrogens with zero attached hydrogens (tertiary/aromatic N) is 1. The van der Waals surface area contributed by atoms with Crippen molar-refractivity contribution in [3.63, 3.8) is 0 Å². The Balaban J connectivity index is 2.05. The molecule has 2 aromatic carbocycles. The SMILES string of the molecule is COc1ccc(C(C)(C)C)cc1NC(=O)COc1ccc(C#N)cc1. The fourth-order valence-electron chi connectivity index (χ4n) is 2.23. The molecule has 5 nitrogen and oxygen atoms in total. The van der Waals surface area contributed by atoms with Crippen LogP contribution in [0, 0.1) is 11.3 Å². The number of benzene rings is 2. The molecule has 0 saturated carbocycles. The summed E-state index contributed by atoms with van der Waals surface area (Å²) in [6.07, 6.45) is 0. The Bertz CT molecular complexity index is 784. The lowest BCUT2D eigenvalue weighted by Crippen LogP contribution is -2.21. The maximum atomic E-state index is 12.2. The van der Waals surface area contributed by atoms with E-state index >= 15 is 0 Å². The number of amides is 1. The van der Waals surface area contributed by atoms with Crippen LogP contribution in [-0.4, -0.2) is 19.6 Å². The summed E-state index contributed by atoms with van der Waals surface area (Å²) >= 11 is 0. The Kier molecular flexibility index (Phi) is 5.66. The third-order valence-electron chi connectivity index (χ3n) is 3.69. The van der Waals surface area contributed by atoms with Crippen LogP contribution in [0.3, 0.4) is 0 Å². The number of rotatable bonds is 5. The van der Waals surface area contributed by atoms with Crippen LogP contribution in [-0.2, 0) is 10.2 Å². The second-order valence-corrected chi connectivity index (χ2v) is 6.64. The van der Waals surface area contributed by atoms with E-state index in [1.807, 2.05) is 24.3 Å². The molecule has 0 aliphatic rings. The predicted octanol–water partition coefficient (Wildman–Crippen LogP) is 3.88. The van der Waals surface area contributed by atoms with Gasteiger partial charge in [0, 0.05) is 0 Å². The van der Waals surface area contributed by atoms with Crippen LogP contribution < -0.4 is 14.8 Å². The lowest BCUT2D eigenvalue weighted by atomic mass is 9.87. The van der Waals surface area contributed by atoms with E-state index in [9.17, 15) is 4.79 Å². The molecule has 0 fully saturated rings. The number of anilines is 1. The maximum Gasteiger partial charge on any atom is 0.262 e. The minimum absolute atomic E-state index is 0.0370. The van der Waals surface area contributed by atoms with E-state index in [2.05, 4.69) is 26.1 Å². The fraction of sp³-hybridized carbons (Fsp3) is 0.300. The van der Waals surface area contributed by atoms with Crippen molar-refractivity contribution in [2.75, 3.05) is 19.0 Å². The van der Waals surface area contributed by atoms with Gasteiger partial charge in [-0.05, 0) is 47.4 Å². The van der Waals surface area contributed by atoms with Crippen LogP contribution in [0.5, 0.6) is 11.5 Å². The molecule has 25 heavy (non-hydrogen) atoms. The Morgan fingerprint density at radius 2 is 1.84 bits per heavy atom. The van der Waals surface area contributed by atoms with E-state index in [1.54, 1.807) is 31.4 Å². The normalized spacial score (nSPS) is 10.7. The second-order valence-electron chi connectivity index (χ2n) is 6.64. The van der Waals surface area contributed by atoms with Crippen molar-refractivity contribution in [1.29, 1.82) is 5.26 Å². The largest absolute Gasteiger partial charge is 0.495 e. The molecule has 130 valence electrons. The molecule has 0 radical (unpaired) electrons. The van der Waals surface area contributed by atoms with Crippen molar-refractivity contribution in [2.45, 2.75) is 26.2 Å². The quantitative estimate of drug-likeness (QED) is 0.898. The van der Waals surface area contributed by atoms with Crippen molar-refractivity contribution in [3.05, 3.63) is 53.6 Å². The number of nitrogens with one attached hydrogen (secondary N) is 1. The van der Waals surface area contributed by atoms with Gasteiger partial charge in [0.25, 0.3) is 5.91 Å². The number of ether oxygens (including phenoxy) is 2. The monoisotopic (exact) mass is 338 g/mol. The number of carbonyl (C=O) groups excluding carboxylic acids is 1. The Hall–Kier alpha value is -3.00. The van der Waals surface area contributed by atoms with Crippen molar-refractivity contribution in [2.24, 2.45) is 0 Å². The summed E-state index contributed by atoms with van der Waals surface area (Å²) in [7, 11) is 1.56. The summed E-state index contributed by atoms with van der Waals surface area (Å²) in [6.45, 7) is 6.19. The van der Waals surface area contributed by atoms with Gasteiger partial charge in [0.2, 0.25) is 0 Å². The standard InChI is InChI=1S/C20H22N2O3/c1-20(2,3)15-7-10-18(24-4)17(11-15)22-19(23)13-25-16-8-5-14(12-21)6-9-16/h5-11H,13H2,1-4H3,(H,22,23). The Labute approximate surface area is 148 Å². The van der Waals surface area contributed by atoms with Gasteiger partial charge in [0.15, 0.2) is 6.61 Å². The van der Waals surface area contributed by atoms with Crippen molar-refractivity contribution in [1.82, 2.24) is 0 Å². The molecule has 0 aliphatic heterocycles. The van der Waals surface area contributed by atoms with Crippen LogP contribution in [0.15, 0.2) is 42.5 Å². The first-order chi connectivity index (χ1) is 11.8. The fourth-order valence-corrected chi connectivity index (χ4v) is 2.23. The smallest absolute Gasteiger partial charge is 0.262 e. The minimum atomic E-state index is -0.284. The first-order valence-electron chi connectivity index (χ1n) is 7.95. The van der Waals surface area contributed by atoms with Gasteiger partial charge in [-0.25, -0.2) is 0 Å². The van der Waals surface area contributed by atoms with Crippen LogP contribution in [0.4, 0.5) is 5.69 Å². The zero-order valence-electron chi connectivity index (χ0n) is 14.9. The third kappa shape index (κ3) is 4.98. The summed E-state index contributed by atoms with van der Waals surface area (Å²) < 4.78 is 10.8. The molecule has 0 heterocycles. The van der Waals surface area contributed by atoms with Crippen molar-refractivity contribution in [3.8, 4) is 17.6 Å². The van der Waals surface area contributed by atoms with E-state index in [1.165, 1.54) is 0 Å².